The van der Waals surface area contributed by atoms with Crippen molar-refractivity contribution in [3.05, 3.63) is 35.9 Å². The molecule has 0 spiro atoms. The molecule has 1 aliphatic heterocycles. The number of hydrogen-bond acceptors (Lipinski definition) is 2. The Labute approximate surface area is 151 Å². The van der Waals surface area contributed by atoms with Gasteiger partial charge in [-0.2, -0.15) is 0 Å². The topological polar surface area (TPSA) is 56.7 Å². The van der Waals surface area contributed by atoms with Crippen molar-refractivity contribution in [2.24, 2.45) is 4.99 Å². The molecule has 1 unspecified atom stereocenters. The fraction of sp³-hybridized carbons (Fsp3) is 0.600. The molecule has 25 heavy (non-hydrogen) atoms. The van der Waals surface area contributed by atoms with Crippen LogP contribution in [-0.4, -0.2) is 49.0 Å². The van der Waals surface area contributed by atoms with Crippen LogP contribution in [0.5, 0.6) is 0 Å². The summed E-state index contributed by atoms with van der Waals surface area (Å²) >= 11 is 0. The molecule has 2 rings (SSSR count). The molecule has 0 radical (unpaired) electrons. The maximum atomic E-state index is 11.6. The highest BCUT2D eigenvalue weighted by atomic mass is 16.2. The number of guanidine groups is 1. The lowest BCUT2D eigenvalue weighted by Crippen LogP contribution is -2.42. The number of carbonyl (C=O) groups is 1. The van der Waals surface area contributed by atoms with E-state index in [-0.39, 0.29) is 0 Å². The van der Waals surface area contributed by atoms with Crippen LogP contribution in [0.3, 0.4) is 0 Å². The van der Waals surface area contributed by atoms with E-state index in [1.165, 1.54) is 5.56 Å². The minimum Gasteiger partial charge on any atom is -0.357 e. The van der Waals surface area contributed by atoms with E-state index in [9.17, 15) is 4.79 Å². The summed E-state index contributed by atoms with van der Waals surface area (Å²) in [6.07, 6.45) is 4.76. The normalized spacial score (nSPS) is 16.2. The molecule has 1 aromatic rings. The lowest BCUT2D eigenvalue weighted by atomic mass is 10.1. The van der Waals surface area contributed by atoms with Gasteiger partial charge in [-0.3, -0.25) is 9.79 Å². The van der Waals surface area contributed by atoms with E-state index < -0.39 is 0 Å². The van der Waals surface area contributed by atoms with Crippen molar-refractivity contribution in [1.29, 1.82) is 0 Å². The molecule has 1 amide bonds. The second kappa shape index (κ2) is 10.7. The maximum absolute atomic E-state index is 11.6. The minimum atomic E-state index is 0.295. The zero-order valence-corrected chi connectivity index (χ0v) is 15.6. The predicted molar refractivity (Wildman–Crippen MR) is 104 cm³/mol. The number of carbonyl (C=O) groups excluding carboxylic acids is 1. The van der Waals surface area contributed by atoms with Crippen molar-refractivity contribution in [3.63, 3.8) is 0 Å². The summed E-state index contributed by atoms with van der Waals surface area (Å²) in [6, 6.07) is 10.9. The standard InChI is InChI=1S/C20H32N4O/c1-3-21-20(22-14-8-16-24-15-7-11-19(24)25)23-17(2)12-13-18-9-5-4-6-10-18/h4-6,9-10,17H,3,7-8,11-16H2,1-2H3,(H2,21,22,23). The Kier molecular flexibility index (Phi) is 8.29. The fourth-order valence-corrected chi connectivity index (χ4v) is 3.05. The first-order valence-electron chi connectivity index (χ1n) is 9.55. The van der Waals surface area contributed by atoms with Crippen LogP contribution in [0.2, 0.25) is 0 Å². The van der Waals surface area contributed by atoms with E-state index >= 15 is 0 Å². The van der Waals surface area contributed by atoms with Gasteiger partial charge in [0.1, 0.15) is 0 Å². The number of aliphatic imine (C=N–C) groups is 1. The molecule has 1 aliphatic rings. The molecule has 138 valence electrons. The highest BCUT2D eigenvalue weighted by Gasteiger charge is 2.18. The quantitative estimate of drug-likeness (QED) is 0.411. The molecule has 1 saturated heterocycles. The Hall–Kier alpha value is -2.04. The average molecular weight is 345 g/mol. The molecule has 1 heterocycles. The summed E-state index contributed by atoms with van der Waals surface area (Å²) in [4.78, 5) is 18.2. The van der Waals surface area contributed by atoms with Crippen molar-refractivity contribution in [1.82, 2.24) is 15.5 Å². The van der Waals surface area contributed by atoms with Crippen molar-refractivity contribution >= 4 is 11.9 Å². The zero-order chi connectivity index (χ0) is 17.9. The molecule has 0 saturated carbocycles. The van der Waals surface area contributed by atoms with Crippen LogP contribution >= 0.6 is 0 Å². The molecular formula is C20H32N4O. The van der Waals surface area contributed by atoms with Crippen LogP contribution in [0.4, 0.5) is 0 Å². The molecule has 2 N–H and O–H groups in total. The molecule has 0 aromatic heterocycles. The summed E-state index contributed by atoms with van der Waals surface area (Å²) in [5.74, 6) is 1.17. The van der Waals surface area contributed by atoms with Crippen molar-refractivity contribution in [2.45, 2.75) is 52.0 Å². The number of aryl methyl sites for hydroxylation is 1. The SMILES string of the molecule is CCNC(=NCCCN1CCCC1=O)NC(C)CCc1ccccc1. The number of benzene rings is 1. The van der Waals surface area contributed by atoms with Gasteiger partial charge in [0.15, 0.2) is 5.96 Å². The van der Waals surface area contributed by atoms with Crippen molar-refractivity contribution < 1.29 is 4.79 Å². The molecule has 0 aliphatic carbocycles. The van der Waals surface area contributed by atoms with Crippen LogP contribution in [0.1, 0.15) is 45.1 Å². The molecule has 5 nitrogen and oxygen atoms in total. The number of nitrogens with zero attached hydrogens (tertiary/aromatic N) is 2. The smallest absolute Gasteiger partial charge is 0.222 e. The van der Waals surface area contributed by atoms with Crippen LogP contribution < -0.4 is 10.6 Å². The zero-order valence-electron chi connectivity index (χ0n) is 15.6. The highest BCUT2D eigenvalue weighted by Crippen LogP contribution is 2.09. The second-order valence-corrected chi connectivity index (χ2v) is 6.67. The van der Waals surface area contributed by atoms with Crippen LogP contribution in [0.15, 0.2) is 35.3 Å². The van der Waals surface area contributed by atoms with Gasteiger partial charge in [-0.1, -0.05) is 30.3 Å². The monoisotopic (exact) mass is 344 g/mol. The lowest BCUT2D eigenvalue weighted by molar-refractivity contribution is -0.127. The summed E-state index contributed by atoms with van der Waals surface area (Å²) in [5.41, 5.74) is 1.37. The Morgan fingerprint density at radius 3 is 2.80 bits per heavy atom. The molecule has 1 fully saturated rings. The van der Waals surface area contributed by atoms with E-state index in [1.54, 1.807) is 0 Å². The van der Waals surface area contributed by atoms with Crippen LogP contribution in [0.25, 0.3) is 0 Å². The first-order valence-corrected chi connectivity index (χ1v) is 9.55. The molecule has 1 aromatic carbocycles. The van der Waals surface area contributed by atoms with Gasteiger partial charge in [0.05, 0.1) is 0 Å². The minimum absolute atomic E-state index is 0.295. The summed E-state index contributed by atoms with van der Waals surface area (Å²) in [5, 5.41) is 6.79. The predicted octanol–water partition coefficient (Wildman–Crippen LogP) is 2.58. The summed E-state index contributed by atoms with van der Waals surface area (Å²) < 4.78 is 0. The van der Waals surface area contributed by atoms with Gasteiger partial charge >= 0.3 is 0 Å². The van der Waals surface area contributed by atoms with Gasteiger partial charge in [-0.15, -0.1) is 0 Å². The van der Waals surface area contributed by atoms with E-state index in [4.69, 9.17) is 0 Å². The van der Waals surface area contributed by atoms with Crippen LogP contribution in [-0.2, 0) is 11.2 Å². The third kappa shape index (κ3) is 7.16. The van der Waals surface area contributed by atoms with E-state index in [0.29, 0.717) is 18.4 Å². The molecule has 0 bridgehead atoms. The summed E-state index contributed by atoms with van der Waals surface area (Å²) in [7, 11) is 0. The number of nitrogens with one attached hydrogen (secondary N) is 2. The van der Waals surface area contributed by atoms with Crippen molar-refractivity contribution in [2.75, 3.05) is 26.2 Å². The average Bonchev–Trinajstić information content (AvgIpc) is 3.03. The Morgan fingerprint density at radius 1 is 1.32 bits per heavy atom. The number of hydrogen-bond donors (Lipinski definition) is 2. The van der Waals surface area contributed by atoms with E-state index in [0.717, 1.165) is 57.8 Å². The van der Waals surface area contributed by atoms with Gasteiger partial charge in [-0.05, 0) is 45.1 Å². The number of amides is 1. The van der Waals surface area contributed by atoms with Gasteiger partial charge in [-0.25, -0.2) is 0 Å². The third-order valence-corrected chi connectivity index (χ3v) is 4.46. The largest absolute Gasteiger partial charge is 0.357 e. The third-order valence-electron chi connectivity index (χ3n) is 4.46. The van der Waals surface area contributed by atoms with Crippen molar-refractivity contribution in [3.8, 4) is 0 Å². The lowest BCUT2D eigenvalue weighted by Gasteiger charge is -2.18. The van der Waals surface area contributed by atoms with Gasteiger partial charge < -0.3 is 15.5 Å². The molecule has 5 heteroatoms. The number of rotatable bonds is 9. The van der Waals surface area contributed by atoms with E-state index in [1.807, 2.05) is 4.90 Å². The van der Waals surface area contributed by atoms with Gasteiger partial charge in [0.25, 0.3) is 0 Å². The Morgan fingerprint density at radius 2 is 2.12 bits per heavy atom. The Bertz CT molecular complexity index is 544. The van der Waals surface area contributed by atoms with E-state index in [2.05, 4.69) is 59.8 Å². The first kappa shape index (κ1) is 19.3. The molecular weight excluding hydrogens is 312 g/mol. The van der Waals surface area contributed by atoms with Gasteiger partial charge in [0.2, 0.25) is 5.91 Å². The Balaban J connectivity index is 1.71. The van der Waals surface area contributed by atoms with Crippen LogP contribution in [0, 0.1) is 0 Å². The fourth-order valence-electron chi connectivity index (χ4n) is 3.05. The van der Waals surface area contributed by atoms with Gasteiger partial charge in [0, 0.05) is 38.6 Å². The summed E-state index contributed by atoms with van der Waals surface area (Å²) in [6.45, 7) is 7.60. The molecule has 1 atom stereocenters. The second-order valence-electron chi connectivity index (χ2n) is 6.67. The number of likely N-dealkylation sites (tertiary alicyclic amines) is 1. The maximum Gasteiger partial charge on any atom is 0.222 e. The first-order chi connectivity index (χ1) is 12.2. The highest BCUT2D eigenvalue weighted by molar-refractivity contribution is 5.80.